The van der Waals surface area contributed by atoms with E-state index in [1.165, 1.54) is 23.1 Å². The Morgan fingerprint density at radius 2 is 1.38 bits per heavy atom. The number of carbonyl (C=O) groups excluding carboxylic acids is 2. The van der Waals surface area contributed by atoms with Crippen LogP contribution in [0.25, 0.3) is 0 Å². The maximum atomic E-state index is 13.2. The van der Waals surface area contributed by atoms with Crippen LogP contribution in [0.15, 0.2) is 78.9 Å². The number of hydrogen-bond acceptors (Lipinski definition) is 3. The van der Waals surface area contributed by atoms with Crippen molar-refractivity contribution in [2.75, 3.05) is 39.3 Å². The van der Waals surface area contributed by atoms with Gasteiger partial charge in [0.2, 0.25) is 0 Å². The molecule has 1 atom stereocenters. The van der Waals surface area contributed by atoms with Gasteiger partial charge in [-0.25, -0.2) is 0 Å². The van der Waals surface area contributed by atoms with Crippen LogP contribution >= 0.6 is 0 Å². The Labute approximate surface area is 219 Å². The molecule has 0 N–H and O–H groups in total. The molecule has 0 bridgehead atoms. The monoisotopic (exact) mass is 493 g/mol. The summed E-state index contributed by atoms with van der Waals surface area (Å²) in [6, 6.07) is 27.1. The van der Waals surface area contributed by atoms with Gasteiger partial charge in [0.15, 0.2) is 0 Å². The van der Waals surface area contributed by atoms with Crippen LogP contribution in [0.2, 0.25) is 0 Å². The van der Waals surface area contributed by atoms with Gasteiger partial charge >= 0.3 is 0 Å². The van der Waals surface area contributed by atoms with Crippen molar-refractivity contribution >= 4 is 11.8 Å². The van der Waals surface area contributed by atoms with Gasteiger partial charge < -0.3 is 9.80 Å². The number of likely N-dealkylation sites (tertiary alicyclic amines) is 1. The lowest BCUT2D eigenvalue weighted by Gasteiger charge is -2.48. The second kappa shape index (κ2) is 10.5. The van der Waals surface area contributed by atoms with Crippen molar-refractivity contribution in [3.63, 3.8) is 0 Å². The van der Waals surface area contributed by atoms with Gasteiger partial charge in [-0.05, 0) is 72.6 Å². The van der Waals surface area contributed by atoms with E-state index in [1.54, 1.807) is 0 Å². The summed E-state index contributed by atoms with van der Waals surface area (Å²) < 4.78 is 0. The number of nitrogens with zero attached hydrogens (tertiary/aromatic N) is 3. The first-order valence-corrected chi connectivity index (χ1v) is 13.7. The number of carbonyl (C=O) groups is 2. The maximum absolute atomic E-state index is 13.2. The third-order valence-corrected chi connectivity index (χ3v) is 8.44. The van der Waals surface area contributed by atoms with E-state index in [0.717, 1.165) is 69.7 Å². The van der Waals surface area contributed by atoms with Crippen molar-refractivity contribution in [2.45, 2.75) is 31.7 Å². The van der Waals surface area contributed by atoms with Gasteiger partial charge in [-0.15, -0.1) is 0 Å². The smallest absolute Gasteiger partial charge is 0.253 e. The molecule has 3 aromatic rings. The average Bonchev–Trinajstić information content (AvgIpc) is 2.93. The molecule has 2 fully saturated rings. The fraction of sp³-hybridized carbons (Fsp3) is 0.375. The minimum absolute atomic E-state index is 0.115. The zero-order valence-electron chi connectivity index (χ0n) is 21.4. The zero-order chi connectivity index (χ0) is 25.2. The first-order chi connectivity index (χ1) is 18.1. The van der Waals surface area contributed by atoms with E-state index in [-0.39, 0.29) is 11.8 Å². The molecule has 1 unspecified atom stereocenters. The molecule has 3 aromatic carbocycles. The molecule has 190 valence electrons. The van der Waals surface area contributed by atoms with E-state index in [1.807, 2.05) is 46.2 Å². The number of rotatable bonds is 5. The molecule has 37 heavy (non-hydrogen) atoms. The number of piperazine rings is 1. The molecule has 0 radical (unpaired) electrons. The lowest BCUT2D eigenvalue weighted by molar-refractivity contribution is 0.00853. The standard InChI is InChI=1S/C32H35N3O2/c36-31(26-9-5-2-6-10-26)34-17-15-33(16-18-34)30-22-35(23-30)32(37)29-14-13-27-20-25(11-12-28(27)21-29)19-24-7-3-1-4-8-24/h1-10,13-14,21,25,30H,11-12,15-20,22-23H2. The van der Waals surface area contributed by atoms with E-state index in [0.29, 0.717) is 12.0 Å². The molecule has 0 aromatic heterocycles. The summed E-state index contributed by atoms with van der Waals surface area (Å²) >= 11 is 0. The molecule has 0 saturated carbocycles. The highest BCUT2D eigenvalue weighted by Gasteiger charge is 2.37. The molecular weight excluding hydrogens is 458 g/mol. The highest BCUT2D eigenvalue weighted by atomic mass is 16.2. The predicted molar refractivity (Wildman–Crippen MR) is 146 cm³/mol. The van der Waals surface area contributed by atoms with Crippen molar-refractivity contribution < 1.29 is 9.59 Å². The Morgan fingerprint density at radius 3 is 2.11 bits per heavy atom. The lowest BCUT2D eigenvalue weighted by atomic mass is 9.80. The summed E-state index contributed by atoms with van der Waals surface area (Å²) in [5.41, 5.74) is 5.77. The summed E-state index contributed by atoms with van der Waals surface area (Å²) in [5, 5.41) is 0. The summed E-state index contributed by atoms with van der Waals surface area (Å²) in [6.07, 6.45) is 4.47. The fourth-order valence-electron chi connectivity index (χ4n) is 6.17. The summed E-state index contributed by atoms with van der Waals surface area (Å²) in [5.74, 6) is 0.948. The molecule has 3 aliphatic rings. The first-order valence-electron chi connectivity index (χ1n) is 13.7. The quantitative estimate of drug-likeness (QED) is 0.532. The number of benzene rings is 3. The predicted octanol–water partition coefficient (Wildman–Crippen LogP) is 4.32. The molecule has 2 amide bonds. The molecule has 2 heterocycles. The topological polar surface area (TPSA) is 43.9 Å². The first kappa shape index (κ1) is 23.9. The summed E-state index contributed by atoms with van der Waals surface area (Å²) in [4.78, 5) is 32.3. The van der Waals surface area contributed by atoms with Gasteiger partial charge in [-0.2, -0.15) is 0 Å². The molecule has 2 saturated heterocycles. The van der Waals surface area contributed by atoms with Crippen LogP contribution in [-0.2, 0) is 19.3 Å². The zero-order valence-corrected chi connectivity index (χ0v) is 21.4. The van der Waals surface area contributed by atoms with Crippen LogP contribution in [0.3, 0.4) is 0 Å². The van der Waals surface area contributed by atoms with Crippen molar-refractivity contribution in [2.24, 2.45) is 5.92 Å². The Morgan fingerprint density at radius 1 is 0.703 bits per heavy atom. The van der Waals surface area contributed by atoms with Crippen LogP contribution < -0.4 is 0 Å². The van der Waals surface area contributed by atoms with Gasteiger partial charge in [-0.3, -0.25) is 14.5 Å². The molecule has 5 nitrogen and oxygen atoms in total. The average molecular weight is 494 g/mol. The van der Waals surface area contributed by atoms with Crippen LogP contribution in [0.1, 0.15) is 43.8 Å². The number of fused-ring (bicyclic) bond motifs is 1. The Bertz CT molecular complexity index is 1250. The largest absolute Gasteiger partial charge is 0.336 e. The SMILES string of the molecule is O=C(c1ccccc1)N1CCN(C2CN(C(=O)c3ccc4c(c3)CCC(Cc3ccccc3)C4)C2)CC1. The Balaban J connectivity index is 0.990. The molecule has 5 heteroatoms. The van der Waals surface area contributed by atoms with E-state index in [4.69, 9.17) is 0 Å². The second-order valence-corrected chi connectivity index (χ2v) is 10.8. The van der Waals surface area contributed by atoms with Crippen LogP contribution in [0.5, 0.6) is 0 Å². The van der Waals surface area contributed by atoms with Crippen LogP contribution in [0.4, 0.5) is 0 Å². The van der Waals surface area contributed by atoms with Gasteiger partial charge in [-0.1, -0.05) is 54.6 Å². The van der Waals surface area contributed by atoms with E-state index in [2.05, 4.69) is 47.4 Å². The van der Waals surface area contributed by atoms with Crippen LogP contribution in [-0.4, -0.2) is 71.8 Å². The van der Waals surface area contributed by atoms with E-state index < -0.39 is 0 Å². The Kier molecular flexibility index (Phi) is 6.79. The van der Waals surface area contributed by atoms with Gasteiger partial charge in [0, 0.05) is 56.4 Å². The fourth-order valence-corrected chi connectivity index (χ4v) is 6.17. The number of hydrogen-bond donors (Lipinski definition) is 0. The molecular formula is C32H35N3O2. The third kappa shape index (κ3) is 5.19. The molecule has 1 aliphatic carbocycles. The minimum Gasteiger partial charge on any atom is -0.336 e. The normalized spacial score (nSPS) is 20.3. The summed E-state index contributed by atoms with van der Waals surface area (Å²) in [7, 11) is 0. The van der Waals surface area contributed by atoms with Crippen LogP contribution in [0, 0.1) is 5.92 Å². The van der Waals surface area contributed by atoms with Crippen molar-refractivity contribution in [1.82, 2.24) is 14.7 Å². The number of amides is 2. The van der Waals surface area contributed by atoms with Gasteiger partial charge in [0.25, 0.3) is 11.8 Å². The van der Waals surface area contributed by atoms with E-state index >= 15 is 0 Å². The highest BCUT2D eigenvalue weighted by Crippen LogP contribution is 2.30. The minimum atomic E-state index is 0.115. The highest BCUT2D eigenvalue weighted by molar-refractivity contribution is 5.95. The van der Waals surface area contributed by atoms with Gasteiger partial charge in [0.1, 0.15) is 0 Å². The van der Waals surface area contributed by atoms with Crippen molar-refractivity contribution in [3.05, 3.63) is 107 Å². The van der Waals surface area contributed by atoms with Crippen molar-refractivity contribution in [3.8, 4) is 0 Å². The molecule has 2 aliphatic heterocycles. The maximum Gasteiger partial charge on any atom is 0.253 e. The van der Waals surface area contributed by atoms with E-state index in [9.17, 15) is 9.59 Å². The summed E-state index contributed by atoms with van der Waals surface area (Å²) in [6.45, 7) is 4.79. The Hall–Kier alpha value is -3.44. The number of aryl methyl sites for hydroxylation is 1. The second-order valence-electron chi connectivity index (χ2n) is 10.8. The lowest BCUT2D eigenvalue weighted by Crippen LogP contribution is -2.64. The molecule has 6 rings (SSSR count). The van der Waals surface area contributed by atoms with Crippen molar-refractivity contribution in [1.29, 1.82) is 0 Å². The van der Waals surface area contributed by atoms with Gasteiger partial charge in [0.05, 0.1) is 0 Å². The third-order valence-electron chi connectivity index (χ3n) is 8.44. The molecule has 0 spiro atoms.